The minimum atomic E-state index is -0.0405. The lowest BCUT2D eigenvalue weighted by molar-refractivity contribution is 0.0525. The van der Waals surface area contributed by atoms with Crippen LogP contribution in [0.4, 0.5) is 0 Å². The maximum Gasteiger partial charge on any atom is 0.254 e. The van der Waals surface area contributed by atoms with Crippen molar-refractivity contribution in [3.05, 3.63) is 48.4 Å². The zero-order valence-corrected chi connectivity index (χ0v) is 11.6. The first kappa shape index (κ1) is 13.5. The largest absolute Gasteiger partial charge is 0.471 e. The Bertz CT molecular complexity index is 591. The van der Waals surface area contributed by atoms with Gasteiger partial charge in [0.05, 0.1) is 6.54 Å². The average Bonchev–Trinajstić information content (AvgIpc) is 2.56. The minimum Gasteiger partial charge on any atom is -0.471 e. The standard InChI is InChI=1S/C15H16N4O2/c20-15(12-5-8-16-9-6-12)19-10-2-3-13(11-19)21-14-4-1-7-17-18-14/h1,4-9,13H,2-3,10-11H2. The van der Waals surface area contributed by atoms with Crippen LogP contribution in [0.25, 0.3) is 0 Å². The number of hydrogen-bond acceptors (Lipinski definition) is 5. The Morgan fingerprint density at radius 1 is 1.24 bits per heavy atom. The predicted octanol–water partition coefficient (Wildman–Crippen LogP) is 1.56. The quantitative estimate of drug-likeness (QED) is 0.855. The first-order valence-electron chi connectivity index (χ1n) is 6.96. The molecule has 2 aromatic rings. The number of rotatable bonds is 3. The lowest BCUT2D eigenvalue weighted by atomic mass is 10.1. The molecule has 1 amide bonds. The molecule has 0 radical (unpaired) electrons. The number of piperidine rings is 1. The van der Waals surface area contributed by atoms with E-state index >= 15 is 0 Å². The van der Waals surface area contributed by atoms with Crippen LogP contribution in [0, 0.1) is 0 Å². The van der Waals surface area contributed by atoms with Crippen LogP contribution in [-0.2, 0) is 0 Å². The molecule has 0 N–H and O–H groups in total. The fourth-order valence-corrected chi connectivity index (χ4v) is 2.42. The zero-order chi connectivity index (χ0) is 14.5. The Kier molecular flexibility index (Phi) is 4.04. The van der Waals surface area contributed by atoms with E-state index in [1.54, 1.807) is 42.9 Å². The van der Waals surface area contributed by atoms with Gasteiger partial charge in [-0.3, -0.25) is 9.78 Å². The number of ether oxygens (including phenoxy) is 1. The highest BCUT2D eigenvalue weighted by Crippen LogP contribution is 2.17. The Labute approximate surface area is 122 Å². The molecule has 0 spiro atoms. The van der Waals surface area contributed by atoms with Crippen LogP contribution < -0.4 is 4.74 Å². The number of nitrogens with zero attached hydrogens (tertiary/aromatic N) is 4. The van der Waals surface area contributed by atoms with Gasteiger partial charge >= 0.3 is 0 Å². The van der Waals surface area contributed by atoms with Crippen molar-refractivity contribution in [2.45, 2.75) is 18.9 Å². The zero-order valence-electron chi connectivity index (χ0n) is 11.6. The van der Waals surface area contributed by atoms with E-state index in [4.69, 9.17) is 4.74 Å². The fraction of sp³-hybridized carbons (Fsp3) is 0.333. The first-order valence-corrected chi connectivity index (χ1v) is 6.96. The molecule has 1 saturated heterocycles. The highest BCUT2D eigenvalue weighted by Gasteiger charge is 2.25. The summed E-state index contributed by atoms with van der Waals surface area (Å²) < 4.78 is 5.79. The molecule has 0 aromatic carbocycles. The Morgan fingerprint density at radius 2 is 2.10 bits per heavy atom. The van der Waals surface area contributed by atoms with E-state index in [2.05, 4.69) is 15.2 Å². The third-order valence-electron chi connectivity index (χ3n) is 3.43. The van der Waals surface area contributed by atoms with Gasteiger partial charge in [0.25, 0.3) is 5.91 Å². The van der Waals surface area contributed by atoms with Crippen molar-refractivity contribution in [3.63, 3.8) is 0 Å². The SMILES string of the molecule is O=C(c1ccncc1)N1CCCC(Oc2cccnn2)C1. The van der Waals surface area contributed by atoms with Gasteiger partial charge in [-0.2, -0.15) is 5.10 Å². The number of amides is 1. The third kappa shape index (κ3) is 3.34. The summed E-state index contributed by atoms with van der Waals surface area (Å²) in [7, 11) is 0. The van der Waals surface area contributed by atoms with Gasteiger partial charge in [-0.05, 0) is 31.0 Å². The van der Waals surface area contributed by atoms with Crippen LogP contribution in [0.3, 0.4) is 0 Å². The van der Waals surface area contributed by atoms with Crippen molar-refractivity contribution < 1.29 is 9.53 Å². The van der Waals surface area contributed by atoms with E-state index in [9.17, 15) is 4.79 Å². The van der Waals surface area contributed by atoms with Crippen molar-refractivity contribution in [2.75, 3.05) is 13.1 Å². The van der Waals surface area contributed by atoms with Crippen LogP contribution in [-0.4, -0.2) is 45.2 Å². The van der Waals surface area contributed by atoms with Crippen LogP contribution in [0.2, 0.25) is 0 Å². The summed E-state index contributed by atoms with van der Waals surface area (Å²) in [6.45, 7) is 1.32. The van der Waals surface area contributed by atoms with Crippen molar-refractivity contribution >= 4 is 5.91 Å². The second-order valence-electron chi connectivity index (χ2n) is 4.93. The molecule has 3 rings (SSSR count). The molecule has 1 unspecified atom stereocenters. The van der Waals surface area contributed by atoms with Crippen molar-refractivity contribution in [2.24, 2.45) is 0 Å². The van der Waals surface area contributed by atoms with E-state index in [1.807, 2.05) is 4.90 Å². The predicted molar refractivity (Wildman–Crippen MR) is 75.8 cm³/mol. The molecule has 2 aromatic heterocycles. The summed E-state index contributed by atoms with van der Waals surface area (Å²) in [6, 6.07) is 7.02. The van der Waals surface area contributed by atoms with Gasteiger partial charge in [-0.25, -0.2) is 0 Å². The molecule has 1 aliphatic heterocycles. The van der Waals surface area contributed by atoms with E-state index in [1.165, 1.54) is 0 Å². The molecule has 21 heavy (non-hydrogen) atoms. The maximum absolute atomic E-state index is 12.4. The Morgan fingerprint density at radius 3 is 2.86 bits per heavy atom. The number of carbonyl (C=O) groups is 1. The lowest BCUT2D eigenvalue weighted by Gasteiger charge is -2.32. The minimum absolute atomic E-state index is 0.0184. The fourth-order valence-electron chi connectivity index (χ4n) is 2.42. The Hall–Kier alpha value is -2.50. The van der Waals surface area contributed by atoms with Crippen LogP contribution in [0.5, 0.6) is 5.88 Å². The summed E-state index contributed by atoms with van der Waals surface area (Å²) in [6.07, 6.45) is 6.65. The van der Waals surface area contributed by atoms with Gasteiger partial charge in [-0.15, -0.1) is 5.10 Å². The van der Waals surface area contributed by atoms with Gasteiger partial charge in [0.15, 0.2) is 0 Å². The molecular formula is C15H16N4O2. The maximum atomic E-state index is 12.4. The second kappa shape index (κ2) is 6.30. The summed E-state index contributed by atoms with van der Waals surface area (Å²) in [5, 5.41) is 7.71. The highest BCUT2D eigenvalue weighted by molar-refractivity contribution is 5.94. The van der Waals surface area contributed by atoms with Crippen molar-refractivity contribution in [1.82, 2.24) is 20.1 Å². The van der Waals surface area contributed by atoms with Crippen molar-refractivity contribution in [1.29, 1.82) is 0 Å². The Balaban J connectivity index is 1.64. The molecule has 0 saturated carbocycles. The van der Waals surface area contributed by atoms with E-state index in [-0.39, 0.29) is 12.0 Å². The number of likely N-dealkylation sites (tertiary alicyclic amines) is 1. The van der Waals surface area contributed by atoms with Crippen LogP contribution in [0.15, 0.2) is 42.9 Å². The van der Waals surface area contributed by atoms with Gasteiger partial charge < -0.3 is 9.64 Å². The van der Waals surface area contributed by atoms with Gasteiger partial charge in [-0.1, -0.05) is 0 Å². The number of pyridine rings is 1. The molecule has 1 fully saturated rings. The molecular weight excluding hydrogens is 268 g/mol. The molecule has 6 nitrogen and oxygen atoms in total. The van der Waals surface area contributed by atoms with Crippen LogP contribution >= 0.6 is 0 Å². The van der Waals surface area contributed by atoms with Crippen LogP contribution in [0.1, 0.15) is 23.2 Å². The molecule has 0 bridgehead atoms. The summed E-state index contributed by atoms with van der Waals surface area (Å²) in [5.74, 6) is 0.519. The second-order valence-corrected chi connectivity index (χ2v) is 4.93. The first-order chi connectivity index (χ1) is 10.3. The smallest absolute Gasteiger partial charge is 0.254 e. The molecule has 108 valence electrons. The van der Waals surface area contributed by atoms with E-state index in [0.29, 0.717) is 18.0 Å². The van der Waals surface area contributed by atoms with E-state index < -0.39 is 0 Å². The van der Waals surface area contributed by atoms with Gasteiger partial charge in [0.1, 0.15) is 6.10 Å². The highest BCUT2D eigenvalue weighted by atomic mass is 16.5. The topological polar surface area (TPSA) is 68.2 Å². The van der Waals surface area contributed by atoms with Gasteiger partial charge in [0, 0.05) is 36.8 Å². The van der Waals surface area contributed by atoms with Crippen molar-refractivity contribution in [3.8, 4) is 5.88 Å². The molecule has 1 aliphatic rings. The molecule has 0 aliphatic carbocycles. The number of hydrogen-bond donors (Lipinski definition) is 0. The van der Waals surface area contributed by atoms with Gasteiger partial charge in [0.2, 0.25) is 5.88 Å². The summed E-state index contributed by atoms with van der Waals surface area (Å²) >= 11 is 0. The molecule has 3 heterocycles. The monoisotopic (exact) mass is 284 g/mol. The summed E-state index contributed by atoms with van der Waals surface area (Å²) in [4.78, 5) is 18.2. The molecule has 1 atom stereocenters. The third-order valence-corrected chi connectivity index (χ3v) is 3.43. The average molecular weight is 284 g/mol. The summed E-state index contributed by atoms with van der Waals surface area (Å²) in [5.41, 5.74) is 0.658. The number of aromatic nitrogens is 3. The number of carbonyl (C=O) groups excluding carboxylic acids is 1. The van der Waals surface area contributed by atoms with E-state index in [0.717, 1.165) is 19.4 Å². The lowest BCUT2D eigenvalue weighted by Crippen LogP contribution is -2.44. The molecule has 6 heteroatoms. The normalized spacial score (nSPS) is 18.3.